The Hall–Kier alpha value is -3.68. The van der Waals surface area contributed by atoms with Gasteiger partial charge in [0.15, 0.2) is 0 Å². The van der Waals surface area contributed by atoms with E-state index < -0.39 is 0 Å². The van der Waals surface area contributed by atoms with Gasteiger partial charge in [0, 0.05) is 10.2 Å². The molecule has 5 aromatic carbocycles. The van der Waals surface area contributed by atoms with Crippen molar-refractivity contribution in [2.75, 3.05) is 0 Å². The van der Waals surface area contributed by atoms with Crippen molar-refractivity contribution in [1.29, 1.82) is 0 Å². The lowest BCUT2D eigenvalue weighted by atomic mass is 9.67. The molecule has 1 atom stereocenters. The van der Waals surface area contributed by atoms with Gasteiger partial charge in [-0.25, -0.2) is 0 Å². The summed E-state index contributed by atoms with van der Waals surface area (Å²) >= 11 is 0. The van der Waals surface area contributed by atoms with E-state index in [1.807, 2.05) is 0 Å². The summed E-state index contributed by atoms with van der Waals surface area (Å²) in [5.41, 5.74) is 14.3. The molecule has 0 N–H and O–H groups in total. The molecule has 0 fully saturated rings. The van der Waals surface area contributed by atoms with Crippen molar-refractivity contribution in [3.8, 4) is 22.3 Å². The van der Waals surface area contributed by atoms with Crippen molar-refractivity contribution in [3.63, 3.8) is 0 Å². The molecule has 0 aromatic heterocycles. The van der Waals surface area contributed by atoms with Crippen LogP contribution >= 0.6 is 0 Å². The van der Waals surface area contributed by atoms with E-state index in [4.69, 9.17) is 0 Å². The number of benzene rings is 5. The van der Waals surface area contributed by atoms with Gasteiger partial charge < -0.3 is 0 Å². The Morgan fingerprint density at radius 1 is 0.556 bits per heavy atom. The van der Waals surface area contributed by atoms with Crippen molar-refractivity contribution >= 4 is 10.2 Å². The van der Waals surface area contributed by atoms with Crippen LogP contribution in [0, 0.1) is 13.8 Å². The molecule has 0 saturated heterocycles. The number of fused-ring (bicyclic) bond motifs is 3. The molecule has 1 aliphatic carbocycles. The standard InChI is InChI=1S/C35H29Si/c1-23-8-6-10-29(20-23)35(30-11-7-9-24(2)21-30)33-13-5-4-12-31(33)32-19-18-28(22-34(32)35)27-16-14-26(15-17-27)25(3)36/h4-22,25H,1-3H3. The summed E-state index contributed by atoms with van der Waals surface area (Å²) in [5.74, 6) is 0. The minimum absolute atomic E-state index is 0.337. The molecule has 0 nitrogen and oxygen atoms in total. The minimum atomic E-state index is -0.371. The average molecular weight is 478 g/mol. The molecule has 173 valence electrons. The van der Waals surface area contributed by atoms with E-state index >= 15 is 0 Å². The molecule has 1 aliphatic rings. The summed E-state index contributed by atoms with van der Waals surface area (Å²) in [4.78, 5) is 0. The highest BCUT2D eigenvalue weighted by atomic mass is 28.1. The fraction of sp³-hybridized carbons (Fsp3) is 0.143. The molecule has 0 heterocycles. The third-order valence-electron chi connectivity index (χ3n) is 7.69. The Morgan fingerprint density at radius 3 is 1.75 bits per heavy atom. The zero-order valence-corrected chi connectivity index (χ0v) is 22.0. The van der Waals surface area contributed by atoms with Crippen LogP contribution in [0.15, 0.2) is 115 Å². The van der Waals surface area contributed by atoms with Crippen molar-refractivity contribution in [3.05, 3.63) is 154 Å². The average Bonchev–Trinajstić information content (AvgIpc) is 3.19. The van der Waals surface area contributed by atoms with Gasteiger partial charge in [0.05, 0.1) is 5.41 Å². The predicted octanol–water partition coefficient (Wildman–Crippen LogP) is 8.56. The Bertz CT molecular complexity index is 1530. The van der Waals surface area contributed by atoms with Crippen LogP contribution in [-0.2, 0) is 5.41 Å². The molecule has 0 aliphatic heterocycles. The number of hydrogen-bond donors (Lipinski definition) is 0. The topological polar surface area (TPSA) is 0 Å². The highest BCUT2D eigenvalue weighted by Crippen LogP contribution is 2.56. The van der Waals surface area contributed by atoms with Gasteiger partial charge in [0.1, 0.15) is 0 Å². The summed E-state index contributed by atoms with van der Waals surface area (Å²) in [7, 11) is 3.75. The van der Waals surface area contributed by atoms with E-state index in [1.54, 1.807) is 0 Å². The molecule has 0 amide bonds. The summed E-state index contributed by atoms with van der Waals surface area (Å²) in [6, 6.07) is 43.1. The van der Waals surface area contributed by atoms with Gasteiger partial charge in [-0.05, 0) is 75.5 Å². The van der Waals surface area contributed by atoms with Crippen molar-refractivity contribution in [2.45, 2.75) is 31.7 Å². The highest BCUT2D eigenvalue weighted by molar-refractivity contribution is 6.12. The van der Waals surface area contributed by atoms with Crippen molar-refractivity contribution in [1.82, 2.24) is 0 Å². The van der Waals surface area contributed by atoms with Gasteiger partial charge in [-0.3, -0.25) is 0 Å². The molecule has 0 spiro atoms. The van der Waals surface area contributed by atoms with E-state index in [-0.39, 0.29) is 5.41 Å². The molecule has 6 rings (SSSR count). The lowest BCUT2D eigenvalue weighted by Gasteiger charge is -2.34. The molecule has 0 saturated carbocycles. The number of aryl methyl sites for hydroxylation is 2. The first kappa shape index (κ1) is 22.8. The fourth-order valence-electron chi connectivity index (χ4n) is 5.97. The SMILES string of the molecule is Cc1cccc(C2(c3cccc(C)c3)c3ccccc3-c3ccc(-c4ccc(C(C)[Si])cc4)cc32)c1. The van der Waals surface area contributed by atoms with Gasteiger partial charge in [-0.15, -0.1) is 0 Å². The maximum absolute atomic E-state index is 3.75. The monoisotopic (exact) mass is 477 g/mol. The third kappa shape index (κ3) is 3.50. The number of rotatable bonds is 4. The minimum Gasteiger partial charge on any atom is -0.0619 e. The maximum Gasteiger partial charge on any atom is 0.0713 e. The summed E-state index contributed by atoms with van der Waals surface area (Å²) in [6.45, 7) is 6.55. The van der Waals surface area contributed by atoms with Crippen LogP contribution in [0.3, 0.4) is 0 Å². The first-order valence-corrected chi connectivity index (χ1v) is 13.3. The van der Waals surface area contributed by atoms with Gasteiger partial charge in [0.2, 0.25) is 0 Å². The molecule has 3 radical (unpaired) electrons. The van der Waals surface area contributed by atoms with Crippen LogP contribution < -0.4 is 0 Å². The second kappa shape index (κ2) is 8.76. The van der Waals surface area contributed by atoms with Crippen LogP contribution in [-0.4, -0.2) is 10.2 Å². The molecular formula is C35H29Si. The van der Waals surface area contributed by atoms with Crippen LogP contribution in [0.25, 0.3) is 22.3 Å². The highest BCUT2D eigenvalue weighted by Gasteiger charge is 2.46. The largest absolute Gasteiger partial charge is 0.0713 e. The lowest BCUT2D eigenvalue weighted by molar-refractivity contribution is 0.766. The Balaban J connectivity index is 1.68. The normalized spacial score (nSPS) is 14.2. The molecule has 36 heavy (non-hydrogen) atoms. The molecule has 1 unspecified atom stereocenters. The van der Waals surface area contributed by atoms with E-state index in [0.717, 1.165) is 0 Å². The van der Waals surface area contributed by atoms with Gasteiger partial charge >= 0.3 is 0 Å². The van der Waals surface area contributed by atoms with Crippen LogP contribution in [0.4, 0.5) is 0 Å². The molecular weight excluding hydrogens is 448 g/mol. The Kier molecular flexibility index (Phi) is 5.54. The summed E-state index contributed by atoms with van der Waals surface area (Å²) in [6.07, 6.45) is 0. The first-order valence-electron chi connectivity index (χ1n) is 12.7. The van der Waals surface area contributed by atoms with Gasteiger partial charge in [-0.1, -0.05) is 127 Å². The van der Waals surface area contributed by atoms with Gasteiger partial charge in [-0.2, -0.15) is 0 Å². The zero-order chi connectivity index (χ0) is 24.9. The van der Waals surface area contributed by atoms with Crippen molar-refractivity contribution in [2.24, 2.45) is 0 Å². The van der Waals surface area contributed by atoms with Crippen LogP contribution in [0.1, 0.15) is 51.4 Å². The zero-order valence-electron chi connectivity index (χ0n) is 21.0. The van der Waals surface area contributed by atoms with E-state index in [2.05, 4.69) is 146 Å². The fourth-order valence-corrected chi connectivity index (χ4v) is 6.16. The maximum atomic E-state index is 3.75. The Morgan fingerprint density at radius 2 is 1.14 bits per heavy atom. The summed E-state index contributed by atoms with van der Waals surface area (Å²) in [5, 5.41) is 0. The quantitative estimate of drug-likeness (QED) is 0.223. The lowest BCUT2D eigenvalue weighted by Crippen LogP contribution is -2.28. The van der Waals surface area contributed by atoms with Gasteiger partial charge in [0.25, 0.3) is 0 Å². The second-order valence-electron chi connectivity index (χ2n) is 10.1. The summed E-state index contributed by atoms with van der Waals surface area (Å²) < 4.78 is 0. The van der Waals surface area contributed by atoms with Crippen LogP contribution in [0.5, 0.6) is 0 Å². The van der Waals surface area contributed by atoms with E-state index in [9.17, 15) is 0 Å². The van der Waals surface area contributed by atoms with E-state index in [1.165, 1.54) is 61.2 Å². The van der Waals surface area contributed by atoms with Crippen LogP contribution in [0.2, 0.25) is 0 Å². The predicted molar refractivity (Wildman–Crippen MR) is 153 cm³/mol. The van der Waals surface area contributed by atoms with Crippen molar-refractivity contribution < 1.29 is 0 Å². The Labute approximate surface area is 218 Å². The van der Waals surface area contributed by atoms with E-state index in [0.29, 0.717) is 5.54 Å². The molecule has 1 heteroatoms. The smallest absolute Gasteiger partial charge is 0.0619 e. The second-order valence-corrected chi connectivity index (χ2v) is 11.0. The third-order valence-corrected chi connectivity index (χ3v) is 8.02. The first-order chi connectivity index (χ1) is 17.5. The molecule has 0 bridgehead atoms. The molecule has 5 aromatic rings. The number of hydrogen-bond acceptors (Lipinski definition) is 0.